The summed E-state index contributed by atoms with van der Waals surface area (Å²) in [6.07, 6.45) is 5.61. The molecule has 0 atom stereocenters. The summed E-state index contributed by atoms with van der Waals surface area (Å²) in [6.45, 7) is 1.67. The molecule has 1 aliphatic rings. The van der Waals surface area contributed by atoms with E-state index < -0.39 is 0 Å². The number of halogens is 1. The molecule has 104 valence electrons. The minimum Gasteiger partial charge on any atom is -0.352 e. The van der Waals surface area contributed by atoms with Gasteiger partial charge in [0, 0.05) is 12.1 Å². The average Bonchev–Trinajstić information content (AvgIpc) is 2.35. The SMILES string of the molecule is Cc1nc(Cl)cc(=O)n1CC(=O)NC1CCCCC1. The van der Waals surface area contributed by atoms with Gasteiger partial charge in [-0.25, -0.2) is 4.98 Å². The Balaban J connectivity index is 2.00. The van der Waals surface area contributed by atoms with E-state index in [1.807, 2.05) is 0 Å². The van der Waals surface area contributed by atoms with Gasteiger partial charge in [-0.05, 0) is 19.8 Å². The number of hydrogen-bond donors (Lipinski definition) is 1. The Kier molecular flexibility index (Phi) is 4.58. The van der Waals surface area contributed by atoms with Gasteiger partial charge in [0.2, 0.25) is 5.91 Å². The van der Waals surface area contributed by atoms with Gasteiger partial charge >= 0.3 is 0 Å². The Morgan fingerprint density at radius 3 is 2.79 bits per heavy atom. The molecule has 0 aliphatic heterocycles. The van der Waals surface area contributed by atoms with Crippen molar-refractivity contribution in [3.63, 3.8) is 0 Å². The Hall–Kier alpha value is -1.36. The lowest BCUT2D eigenvalue weighted by molar-refractivity contribution is -0.122. The number of carbonyl (C=O) groups excluding carboxylic acids is 1. The van der Waals surface area contributed by atoms with Gasteiger partial charge in [-0.15, -0.1) is 0 Å². The summed E-state index contributed by atoms with van der Waals surface area (Å²) >= 11 is 5.69. The zero-order valence-electron chi connectivity index (χ0n) is 11.0. The second-order valence-corrected chi connectivity index (χ2v) is 5.34. The first kappa shape index (κ1) is 14.1. The van der Waals surface area contributed by atoms with Crippen LogP contribution in [0.25, 0.3) is 0 Å². The molecule has 1 fully saturated rings. The zero-order valence-corrected chi connectivity index (χ0v) is 11.7. The van der Waals surface area contributed by atoms with Crippen molar-refractivity contribution in [2.45, 2.75) is 51.6 Å². The summed E-state index contributed by atoms with van der Waals surface area (Å²) in [5.74, 6) is 0.317. The molecule has 5 nitrogen and oxygen atoms in total. The molecule has 0 aromatic carbocycles. The summed E-state index contributed by atoms with van der Waals surface area (Å²) in [6, 6.07) is 1.47. The number of amides is 1. The van der Waals surface area contributed by atoms with E-state index >= 15 is 0 Å². The minimum atomic E-state index is -0.295. The van der Waals surface area contributed by atoms with Crippen LogP contribution in [0.15, 0.2) is 10.9 Å². The quantitative estimate of drug-likeness (QED) is 0.858. The molecule has 2 rings (SSSR count). The Labute approximate surface area is 117 Å². The number of aryl methyl sites for hydroxylation is 1. The fourth-order valence-electron chi connectivity index (χ4n) is 2.44. The Morgan fingerprint density at radius 1 is 1.47 bits per heavy atom. The number of hydrogen-bond acceptors (Lipinski definition) is 3. The van der Waals surface area contributed by atoms with Crippen molar-refractivity contribution in [1.29, 1.82) is 0 Å². The third-order valence-electron chi connectivity index (χ3n) is 3.44. The molecular formula is C13H18ClN3O2. The lowest BCUT2D eigenvalue weighted by Gasteiger charge is -2.23. The van der Waals surface area contributed by atoms with Crippen LogP contribution in [0, 0.1) is 6.92 Å². The second kappa shape index (κ2) is 6.19. The molecule has 1 aromatic heterocycles. The fraction of sp³-hybridized carbons (Fsp3) is 0.615. The Morgan fingerprint density at radius 2 is 2.16 bits per heavy atom. The summed E-state index contributed by atoms with van der Waals surface area (Å²) < 4.78 is 1.34. The molecule has 0 spiro atoms. The van der Waals surface area contributed by atoms with E-state index in [1.165, 1.54) is 17.1 Å². The molecule has 1 aromatic rings. The van der Waals surface area contributed by atoms with Gasteiger partial charge in [0.05, 0.1) is 0 Å². The van der Waals surface area contributed by atoms with Crippen LogP contribution in [0.1, 0.15) is 37.9 Å². The lowest BCUT2D eigenvalue weighted by atomic mass is 9.95. The van der Waals surface area contributed by atoms with E-state index in [9.17, 15) is 9.59 Å². The van der Waals surface area contributed by atoms with Crippen LogP contribution < -0.4 is 10.9 Å². The van der Waals surface area contributed by atoms with Crippen molar-refractivity contribution < 1.29 is 4.79 Å². The van der Waals surface area contributed by atoms with E-state index in [-0.39, 0.29) is 29.2 Å². The van der Waals surface area contributed by atoms with E-state index in [1.54, 1.807) is 6.92 Å². The van der Waals surface area contributed by atoms with Crippen LogP contribution in [0.2, 0.25) is 5.15 Å². The maximum atomic E-state index is 11.9. The first-order valence-electron chi connectivity index (χ1n) is 6.59. The molecule has 1 amide bonds. The highest BCUT2D eigenvalue weighted by atomic mass is 35.5. The van der Waals surface area contributed by atoms with Crippen molar-refractivity contribution >= 4 is 17.5 Å². The molecule has 0 unspecified atom stereocenters. The molecule has 6 heteroatoms. The van der Waals surface area contributed by atoms with Crippen LogP contribution in [0.5, 0.6) is 0 Å². The van der Waals surface area contributed by atoms with Crippen LogP contribution >= 0.6 is 11.6 Å². The van der Waals surface area contributed by atoms with Crippen LogP contribution in [-0.4, -0.2) is 21.5 Å². The van der Waals surface area contributed by atoms with Crippen LogP contribution in [-0.2, 0) is 11.3 Å². The summed E-state index contributed by atoms with van der Waals surface area (Å²) in [5.41, 5.74) is -0.295. The zero-order chi connectivity index (χ0) is 13.8. The molecule has 1 saturated carbocycles. The first-order chi connectivity index (χ1) is 9.06. The van der Waals surface area contributed by atoms with Gasteiger partial charge in [0.15, 0.2) is 0 Å². The maximum Gasteiger partial charge on any atom is 0.255 e. The van der Waals surface area contributed by atoms with Crippen LogP contribution in [0.4, 0.5) is 0 Å². The molecule has 1 heterocycles. The predicted molar refractivity (Wildman–Crippen MR) is 73.3 cm³/mol. The second-order valence-electron chi connectivity index (χ2n) is 4.95. The molecule has 0 radical (unpaired) electrons. The summed E-state index contributed by atoms with van der Waals surface area (Å²) in [5, 5.41) is 3.14. The van der Waals surface area contributed by atoms with Crippen molar-refractivity contribution in [3.05, 3.63) is 27.4 Å². The van der Waals surface area contributed by atoms with Gasteiger partial charge in [-0.2, -0.15) is 0 Å². The lowest BCUT2D eigenvalue weighted by Crippen LogP contribution is -2.40. The minimum absolute atomic E-state index is 0.00529. The van der Waals surface area contributed by atoms with Crippen molar-refractivity contribution in [2.75, 3.05) is 0 Å². The highest BCUT2D eigenvalue weighted by Crippen LogP contribution is 2.17. The Bertz CT molecular complexity index is 521. The summed E-state index contributed by atoms with van der Waals surface area (Å²) in [7, 11) is 0. The number of nitrogens with one attached hydrogen (secondary N) is 1. The normalized spacial score (nSPS) is 16.3. The number of carbonyl (C=O) groups is 1. The number of nitrogens with zero attached hydrogens (tertiary/aromatic N) is 2. The van der Waals surface area contributed by atoms with Gasteiger partial charge in [-0.1, -0.05) is 30.9 Å². The third kappa shape index (κ3) is 3.80. The monoisotopic (exact) mass is 283 g/mol. The third-order valence-corrected chi connectivity index (χ3v) is 3.63. The number of aromatic nitrogens is 2. The highest BCUT2D eigenvalue weighted by molar-refractivity contribution is 6.29. The highest BCUT2D eigenvalue weighted by Gasteiger charge is 2.16. The van der Waals surface area contributed by atoms with Crippen molar-refractivity contribution in [2.24, 2.45) is 0 Å². The van der Waals surface area contributed by atoms with Gasteiger partial charge in [0.1, 0.15) is 17.5 Å². The fourth-order valence-corrected chi connectivity index (χ4v) is 2.66. The molecule has 0 bridgehead atoms. The van der Waals surface area contributed by atoms with Crippen LogP contribution in [0.3, 0.4) is 0 Å². The van der Waals surface area contributed by atoms with Gasteiger partial charge < -0.3 is 5.32 Å². The van der Waals surface area contributed by atoms with Crippen molar-refractivity contribution in [1.82, 2.24) is 14.9 Å². The van der Waals surface area contributed by atoms with Gasteiger partial charge in [-0.3, -0.25) is 14.2 Å². The van der Waals surface area contributed by atoms with Crippen molar-refractivity contribution in [3.8, 4) is 0 Å². The maximum absolute atomic E-state index is 11.9. The van der Waals surface area contributed by atoms with E-state index in [0.29, 0.717) is 5.82 Å². The predicted octanol–water partition coefficient (Wildman–Crippen LogP) is 1.65. The smallest absolute Gasteiger partial charge is 0.255 e. The molecular weight excluding hydrogens is 266 g/mol. The van der Waals surface area contributed by atoms with E-state index in [4.69, 9.17) is 11.6 Å². The summed E-state index contributed by atoms with van der Waals surface area (Å²) in [4.78, 5) is 27.7. The number of rotatable bonds is 3. The van der Waals surface area contributed by atoms with Gasteiger partial charge in [0.25, 0.3) is 5.56 Å². The standard InChI is InChI=1S/C13H18ClN3O2/c1-9-15-11(14)7-13(19)17(9)8-12(18)16-10-5-3-2-4-6-10/h7,10H,2-6,8H2,1H3,(H,16,18). The average molecular weight is 284 g/mol. The topological polar surface area (TPSA) is 64.0 Å². The first-order valence-corrected chi connectivity index (χ1v) is 6.97. The molecule has 1 N–H and O–H groups in total. The molecule has 1 aliphatic carbocycles. The molecule has 0 saturated heterocycles. The van der Waals surface area contributed by atoms with E-state index in [2.05, 4.69) is 10.3 Å². The van der Waals surface area contributed by atoms with E-state index in [0.717, 1.165) is 25.7 Å². The molecule has 19 heavy (non-hydrogen) atoms. The largest absolute Gasteiger partial charge is 0.352 e.